The maximum Gasteiger partial charge on any atom is 0.257 e. The summed E-state index contributed by atoms with van der Waals surface area (Å²) >= 11 is 5.79. The van der Waals surface area contributed by atoms with Crippen LogP contribution in [0, 0.1) is 0 Å². The fraction of sp³-hybridized carbons (Fsp3) is 0.500. The Hall–Kier alpha value is -1.26. The first-order valence-corrected chi connectivity index (χ1v) is 7.05. The topological polar surface area (TPSA) is 43.8 Å². The van der Waals surface area contributed by atoms with Crippen molar-refractivity contribution in [2.24, 2.45) is 0 Å². The standard InChI is InChI=1S/C14H17ClN2O2/c15-10-3-4-12(13(18)8-10)14(19)17-7-6-16-5-1-2-11(16)9-17/h3-4,8,11,18H,1-2,5-7,9H2. The highest BCUT2D eigenvalue weighted by molar-refractivity contribution is 6.30. The molecule has 0 aromatic heterocycles. The first kappa shape index (κ1) is 12.8. The van der Waals surface area contributed by atoms with E-state index in [2.05, 4.69) is 4.90 Å². The van der Waals surface area contributed by atoms with Crippen LogP contribution in [0.2, 0.25) is 5.02 Å². The molecule has 1 amide bonds. The molecule has 4 nitrogen and oxygen atoms in total. The van der Waals surface area contributed by atoms with Crippen LogP contribution in [-0.2, 0) is 0 Å². The molecule has 2 saturated heterocycles. The van der Waals surface area contributed by atoms with Gasteiger partial charge >= 0.3 is 0 Å². The van der Waals surface area contributed by atoms with Gasteiger partial charge in [-0.25, -0.2) is 0 Å². The molecule has 5 heteroatoms. The zero-order chi connectivity index (χ0) is 13.4. The minimum absolute atomic E-state index is 0.0358. The molecule has 0 saturated carbocycles. The van der Waals surface area contributed by atoms with Gasteiger partial charge < -0.3 is 10.0 Å². The summed E-state index contributed by atoms with van der Waals surface area (Å²) in [6.07, 6.45) is 2.38. The average Bonchev–Trinajstić information content (AvgIpc) is 2.85. The van der Waals surface area contributed by atoms with Crippen LogP contribution in [0.5, 0.6) is 5.75 Å². The molecule has 0 radical (unpaired) electrons. The Kier molecular flexibility index (Phi) is 3.37. The number of benzene rings is 1. The average molecular weight is 281 g/mol. The van der Waals surface area contributed by atoms with Gasteiger partial charge in [0.15, 0.2) is 0 Å². The van der Waals surface area contributed by atoms with Crippen LogP contribution < -0.4 is 0 Å². The van der Waals surface area contributed by atoms with E-state index in [4.69, 9.17) is 11.6 Å². The highest BCUT2D eigenvalue weighted by atomic mass is 35.5. The van der Waals surface area contributed by atoms with Gasteiger partial charge in [-0.2, -0.15) is 0 Å². The third kappa shape index (κ3) is 2.42. The normalized spacial score (nSPS) is 23.4. The van der Waals surface area contributed by atoms with Crippen LogP contribution >= 0.6 is 11.6 Å². The number of amides is 1. The molecule has 3 rings (SSSR count). The molecule has 1 unspecified atom stereocenters. The molecule has 0 aliphatic carbocycles. The van der Waals surface area contributed by atoms with Crippen molar-refractivity contribution in [3.8, 4) is 5.75 Å². The summed E-state index contributed by atoms with van der Waals surface area (Å²) in [6.45, 7) is 3.59. The van der Waals surface area contributed by atoms with E-state index in [1.165, 1.54) is 12.5 Å². The molecule has 2 aliphatic rings. The van der Waals surface area contributed by atoms with Gasteiger partial charge in [0.05, 0.1) is 5.56 Å². The summed E-state index contributed by atoms with van der Waals surface area (Å²) in [6, 6.07) is 5.15. The van der Waals surface area contributed by atoms with Gasteiger partial charge in [-0.3, -0.25) is 9.69 Å². The Morgan fingerprint density at radius 1 is 1.32 bits per heavy atom. The van der Waals surface area contributed by atoms with Crippen LogP contribution in [0.1, 0.15) is 23.2 Å². The number of piperazine rings is 1. The number of fused-ring (bicyclic) bond motifs is 1. The van der Waals surface area contributed by atoms with E-state index in [9.17, 15) is 9.90 Å². The maximum absolute atomic E-state index is 12.4. The molecule has 0 spiro atoms. The lowest BCUT2D eigenvalue weighted by Crippen LogP contribution is -2.52. The molecule has 0 bridgehead atoms. The minimum atomic E-state index is -0.0966. The first-order chi connectivity index (χ1) is 9.15. The fourth-order valence-electron chi connectivity index (χ4n) is 3.03. The van der Waals surface area contributed by atoms with Crippen molar-refractivity contribution in [3.63, 3.8) is 0 Å². The smallest absolute Gasteiger partial charge is 0.257 e. The third-order valence-corrected chi connectivity index (χ3v) is 4.30. The van der Waals surface area contributed by atoms with E-state index in [-0.39, 0.29) is 11.7 Å². The van der Waals surface area contributed by atoms with Gasteiger partial charge in [0.1, 0.15) is 5.75 Å². The Morgan fingerprint density at radius 2 is 2.16 bits per heavy atom. The zero-order valence-electron chi connectivity index (χ0n) is 10.7. The number of halogens is 1. The van der Waals surface area contributed by atoms with Gasteiger partial charge in [0.25, 0.3) is 5.91 Å². The van der Waals surface area contributed by atoms with E-state index in [0.717, 1.165) is 32.6 Å². The molecule has 1 aromatic carbocycles. The largest absolute Gasteiger partial charge is 0.507 e. The number of hydrogen-bond donors (Lipinski definition) is 1. The van der Waals surface area contributed by atoms with Crippen LogP contribution in [-0.4, -0.2) is 53.0 Å². The molecule has 2 heterocycles. The molecule has 1 N–H and O–H groups in total. The number of carbonyl (C=O) groups excluding carboxylic acids is 1. The SMILES string of the molecule is O=C(c1ccc(Cl)cc1O)N1CCN2CCCC2C1. The minimum Gasteiger partial charge on any atom is -0.507 e. The zero-order valence-corrected chi connectivity index (χ0v) is 11.4. The van der Waals surface area contributed by atoms with Gasteiger partial charge in [-0.1, -0.05) is 11.6 Å². The summed E-state index contributed by atoms with van der Waals surface area (Å²) in [4.78, 5) is 16.7. The summed E-state index contributed by atoms with van der Waals surface area (Å²) < 4.78 is 0. The van der Waals surface area contributed by atoms with Gasteiger partial charge in [0.2, 0.25) is 0 Å². The number of phenols is 1. The van der Waals surface area contributed by atoms with Crippen molar-refractivity contribution in [1.29, 1.82) is 0 Å². The van der Waals surface area contributed by atoms with Crippen molar-refractivity contribution in [1.82, 2.24) is 9.80 Å². The van der Waals surface area contributed by atoms with Gasteiger partial charge in [0, 0.05) is 30.7 Å². The molecular weight excluding hydrogens is 264 g/mol. The number of rotatable bonds is 1. The first-order valence-electron chi connectivity index (χ1n) is 6.67. The monoisotopic (exact) mass is 280 g/mol. The van der Waals surface area contributed by atoms with Crippen LogP contribution in [0.3, 0.4) is 0 Å². The van der Waals surface area contributed by atoms with E-state index < -0.39 is 0 Å². The lowest BCUT2D eigenvalue weighted by atomic mass is 10.1. The van der Waals surface area contributed by atoms with Crippen molar-refractivity contribution in [3.05, 3.63) is 28.8 Å². The lowest BCUT2D eigenvalue weighted by molar-refractivity contribution is 0.0568. The number of aromatic hydroxyl groups is 1. The van der Waals surface area contributed by atoms with E-state index in [1.807, 2.05) is 4.90 Å². The molecule has 2 aliphatic heterocycles. The third-order valence-electron chi connectivity index (χ3n) is 4.06. The molecule has 1 atom stereocenters. The van der Waals surface area contributed by atoms with E-state index in [1.54, 1.807) is 12.1 Å². The predicted molar refractivity (Wildman–Crippen MR) is 73.6 cm³/mol. The second-order valence-corrected chi connectivity index (χ2v) is 5.68. The molecule has 19 heavy (non-hydrogen) atoms. The highest BCUT2D eigenvalue weighted by Gasteiger charge is 2.33. The number of phenolic OH excluding ortho intramolecular Hbond substituents is 1. The highest BCUT2D eigenvalue weighted by Crippen LogP contribution is 2.26. The van der Waals surface area contributed by atoms with E-state index >= 15 is 0 Å². The van der Waals surface area contributed by atoms with E-state index in [0.29, 0.717) is 16.6 Å². The Bertz CT molecular complexity index is 506. The second-order valence-electron chi connectivity index (χ2n) is 5.24. The molecular formula is C14H17ClN2O2. The van der Waals surface area contributed by atoms with Crippen LogP contribution in [0.25, 0.3) is 0 Å². The van der Waals surface area contributed by atoms with Crippen molar-refractivity contribution < 1.29 is 9.90 Å². The number of hydrogen-bond acceptors (Lipinski definition) is 3. The lowest BCUT2D eigenvalue weighted by Gasteiger charge is -2.37. The Balaban J connectivity index is 1.76. The summed E-state index contributed by atoms with van der Waals surface area (Å²) in [5, 5.41) is 10.3. The number of nitrogens with zero attached hydrogens (tertiary/aromatic N) is 2. The Morgan fingerprint density at radius 3 is 2.95 bits per heavy atom. The summed E-state index contributed by atoms with van der Waals surface area (Å²) in [5.74, 6) is -0.132. The van der Waals surface area contributed by atoms with Gasteiger partial charge in [-0.15, -0.1) is 0 Å². The molecule has 1 aromatic rings. The van der Waals surface area contributed by atoms with Crippen molar-refractivity contribution in [2.75, 3.05) is 26.2 Å². The van der Waals surface area contributed by atoms with Crippen molar-refractivity contribution in [2.45, 2.75) is 18.9 Å². The summed E-state index contributed by atoms with van der Waals surface area (Å²) in [7, 11) is 0. The number of carbonyl (C=O) groups is 1. The van der Waals surface area contributed by atoms with Crippen molar-refractivity contribution >= 4 is 17.5 Å². The fourth-order valence-corrected chi connectivity index (χ4v) is 3.20. The Labute approximate surface area is 117 Å². The van der Waals surface area contributed by atoms with Crippen LogP contribution in [0.15, 0.2) is 18.2 Å². The molecule has 2 fully saturated rings. The summed E-state index contributed by atoms with van der Waals surface area (Å²) in [5.41, 5.74) is 0.343. The second kappa shape index (κ2) is 5.02. The maximum atomic E-state index is 12.4. The van der Waals surface area contributed by atoms with Crippen LogP contribution in [0.4, 0.5) is 0 Å². The molecule has 102 valence electrons. The van der Waals surface area contributed by atoms with Gasteiger partial charge in [-0.05, 0) is 37.6 Å². The quantitative estimate of drug-likeness (QED) is 0.855. The predicted octanol–water partition coefficient (Wildman–Crippen LogP) is 1.97.